The van der Waals surface area contributed by atoms with Gasteiger partial charge in [-0.25, -0.2) is 9.97 Å². The lowest BCUT2D eigenvalue weighted by atomic mass is 10.0. The van der Waals surface area contributed by atoms with Gasteiger partial charge in [-0.15, -0.1) is 0 Å². The molecule has 172 valence electrons. The first kappa shape index (κ1) is 22.8. The molecule has 0 fully saturated rings. The quantitative estimate of drug-likeness (QED) is 0.589. The van der Waals surface area contributed by atoms with Gasteiger partial charge >= 0.3 is 0 Å². The number of carbonyl (C=O) groups is 1. The fourth-order valence-electron chi connectivity index (χ4n) is 3.76. The molecule has 0 aliphatic carbocycles. The molecule has 1 aliphatic rings. The molecule has 9 nitrogen and oxygen atoms in total. The van der Waals surface area contributed by atoms with Crippen LogP contribution in [0, 0.1) is 0 Å². The van der Waals surface area contributed by atoms with Crippen molar-refractivity contribution in [3.05, 3.63) is 69.0 Å². The van der Waals surface area contributed by atoms with E-state index in [1.807, 2.05) is 24.3 Å². The number of nitrogens with zero attached hydrogens (tertiary/aromatic N) is 3. The normalized spacial score (nSPS) is 14.4. The molecule has 33 heavy (non-hydrogen) atoms. The van der Waals surface area contributed by atoms with Crippen molar-refractivity contribution in [2.24, 2.45) is 0 Å². The highest BCUT2D eigenvalue weighted by Crippen LogP contribution is 2.30. The number of fused-ring (bicyclic) bond motifs is 1. The van der Waals surface area contributed by atoms with Gasteiger partial charge in [0.2, 0.25) is 11.6 Å². The molecule has 1 aromatic carbocycles. The number of pyridine rings is 1. The first-order valence-electron chi connectivity index (χ1n) is 10.3. The molecule has 0 saturated heterocycles. The molecule has 1 amide bonds. The maximum Gasteiger partial charge on any atom is 0.296 e. The Morgan fingerprint density at radius 3 is 2.85 bits per heavy atom. The fraction of sp³-hybridized carbons (Fsp3) is 0.304. The Morgan fingerprint density at radius 2 is 2.12 bits per heavy atom. The maximum absolute atomic E-state index is 12.9. The minimum absolute atomic E-state index is 0.123. The molecule has 1 aliphatic heterocycles. The van der Waals surface area contributed by atoms with Crippen LogP contribution in [0.15, 0.2) is 41.3 Å². The monoisotopic (exact) mass is 470 g/mol. The van der Waals surface area contributed by atoms with Gasteiger partial charge in [0.15, 0.2) is 5.69 Å². The van der Waals surface area contributed by atoms with Crippen LogP contribution in [0.3, 0.4) is 0 Å². The molecule has 2 N–H and O–H groups in total. The Hall–Kier alpha value is -3.43. The summed E-state index contributed by atoms with van der Waals surface area (Å²) in [5, 5.41) is 13.5. The molecule has 2 aromatic heterocycles. The molecule has 0 bridgehead atoms. The lowest BCUT2D eigenvalue weighted by Crippen LogP contribution is -2.42. The lowest BCUT2D eigenvalue weighted by Gasteiger charge is -2.32. The van der Waals surface area contributed by atoms with Crippen LogP contribution in [0.25, 0.3) is 11.1 Å². The molecule has 0 saturated carbocycles. The van der Waals surface area contributed by atoms with Crippen LogP contribution in [0.2, 0.25) is 5.02 Å². The van der Waals surface area contributed by atoms with Crippen molar-refractivity contribution in [3.8, 4) is 22.8 Å². The average Bonchev–Trinajstić information content (AvgIpc) is 2.80. The molecular weight excluding hydrogens is 448 g/mol. The van der Waals surface area contributed by atoms with E-state index in [-0.39, 0.29) is 18.8 Å². The van der Waals surface area contributed by atoms with Crippen molar-refractivity contribution < 1.29 is 19.4 Å². The average molecular weight is 471 g/mol. The number of hydrogen-bond donors (Lipinski definition) is 2. The second kappa shape index (κ2) is 8.84. The van der Waals surface area contributed by atoms with Gasteiger partial charge in [0.25, 0.3) is 11.5 Å². The number of aromatic hydroxyl groups is 1. The largest absolute Gasteiger partial charge is 0.501 e. The standard InChI is InChI=1S/C23H23ClN4O5/c1-23(2)22-27-17(18(29)21(31)28(22)8-9-33-23)19(30)25-11-13-6-4-5-7-15(13)14-10-16(24)20(32-3)26-12-14/h4-7,10,12,29H,8-9,11H2,1-3H3,(H,25,30). The molecule has 0 spiro atoms. The van der Waals surface area contributed by atoms with Crippen molar-refractivity contribution in [1.82, 2.24) is 19.9 Å². The number of rotatable bonds is 5. The zero-order chi connectivity index (χ0) is 23.8. The molecule has 10 heteroatoms. The summed E-state index contributed by atoms with van der Waals surface area (Å²) >= 11 is 6.22. The van der Waals surface area contributed by atoms with E-state index < -0.39 is 22.8 Å². The van der Waals surface area contributed by atoms with Crippen molar-refractivity contribution in [2.45, 2.75) is 32.5 Å². The van der Waals surface area contributed by atoms with Crippen molar-refractivity contribution in [1.29, 1.82) is 0 Å². The van der Waals surface area contributed by atoms with E-state index in [9.17, 15) is 14.7 Å². The number of benzene rings is 1. The van der Waals surface area contributed by atoms with E-state index in [0.717, 1.165) is 16.7 Å². The summed E-state index contributed by atoms with van der Waals surface area (Å²) in [6.07, 6.45) is 1.63. The Kier molecular flexibility index (Phi) is 6.09. The van der Waals surface area contributed by atoms with Crippen LogP contribution in [-0.2, 0) is 23.4 Å². The van der Waals surface area contributed by atoms with E-state index in [0.29, 0.717) is 23.3 Å². The Balaban J connectivity index is 1.62. The predicted molar refractivity (Wildman–Crippen MR) is 122 cm³/mol. The topological polar surface area (TPSA) is 116 Å². The van der Waals surface area contributed by atoms with Gasteiger partial charge in [0.05, 0.1) is 20.3 Å². The number of amides is 1. The third-order valence-corrected chi connectivity index (χ3v) is 5.72. The van der Waals surface area contributed by atoms with E-state index in [2.05, 4.69) is 15.3 Å². The maximum atomic E-state index is 12.9. The van der Waals surface area contributed by atoms with Crippen molar-refractivity contribution >= 4 is 17.5 Å². The van der Waals surface area contributed by atoms with E-state index in [1.54, 1.807) is 26.1 Å². The van der Waals surface area contributed by atoms with Crippen molar-refractivity contribution in [3.63, 3.8) is 0 Å². The summed E-state index contributed by atoms with van der Waals surface area (Å²) in [5.74, 6) is -0.747. The predicted octanol–water partition coefficient (Wildman–Crippen LogP) is 2.87. The Bertz CT molecular complexity index is 1290. The first-order valence-corrected chi connectivity index (χ1v) is 10.6. The van der Waals surface area contributed by atoms with Crippen LogP contribution in [0.1, 0.15) is 35.7 Å². The molecular formula is C23H23ClN4O5. The number of nitrogens with one attached hydrogen (secondary N) is 1. The van der Waals surface area contributed by atoms with Gasteiger partial charge in [-0.1, -0.05) is 35.9 Å². The number of halogens is 1. The number of methoxy groups -OCH3 is 1. The van der Waals surface area contributed by atoms with E-state index in [1.165, 1.54) is 11.7 Å². The third-order valence-electron chi connectivity index (χ3n) is 5.45. The van der Waals surface area contributed by atoms with Gasteiger partial charge in [0.1, 0.15) is 16.4 Å². The summed E-state index contributed by atoms with van der Waals surface area (Å²) in [7, 11) is 1.49. The minimum Gasteiger partial charge on any atom is -0.501 e. The number of ether oxygens (including phenoxy) is 2. The molecule has 3 heterocycles. The fourth-order valence-corrected chi connectivity index (χ4v) is 4.01. The van der Waals surface area contributed by atoms with Gasteiger partial charge in [-0.2, -0.15) is 0 Å². The highest BCUT2D eigenvalue weighted by Gasteiger charge is 2.34. The van der Waals surface area contributed by atoms with Gasteiger partial charge in [-0.05, 0) is 31.0 Å². The number of hydrogen-bond acceptors (Lipinski definition) is 7. The Labute approximate surface area is 195 Å². The van der Waals surface area contributed by atoms with Crippen LogP contribution in [0.5, 0.6) is 11.6 Å². The summed E-state index contributed by atoms with van der Waals surface area (Å²) in [6.45, 7) is 4.21. The van der Waals surface area contributed by atoms with Crippen molar-refractivity contribution in [2.75, 3.05) is 13.7 Å². The summed E-state index contributed by atoms with van der Waals surface area (Å²) in [6, 6.07) is 9.15. The number of carbonyl (C=O) groups excluding carboxylic acids is 1. The van der Waals surface area contributed by atoms with E-state index >= 15 is 0 Å². The third kappa shape index (κ3) is 4.29. The lowest BCUT2D eigenvalue weighted by molar-refractivity contribution is -0.0566. The first-order chi connectivity index (χ1) is 15.7. The SMILES string of the molecule is COc1ncc(-c2ccccc2CNC(=O)c2nc3n(c(=O)c2O)CCOC3(C)C)cc1Cl. The van der Waals surface area contributed by atoms with Crippen LogP contribution >= 0.6 is 11.6 Å². The summed E-state index contributed by atoms with van der Waals surface area (Å²) in [4.78, 5) is 34.0. The number of aromatic nitrogens is 3. The second-order valence-electron chi connectivity index (χ2n) is 8.00. The summed E-state index contributed by atoms with van der Waals surface area (Å²) < 4.78 is 12.1. The molecule has 4 rings (SSSR count). The Morgan fingerprint density at radius 1 is 1.36 bits per heavy atom. The van der Waals surface area contributed by atoms with Crippen LogP contribution < -0.4 is 15.6 Å². The van der Waals surface area contributed by atoms with Gasteiger partial charge < -0.3 is 19.9 Å². The molecule has 0 unspecified atom stereocenters. The van der Waals surface area contributed by atoms with Gasteiger partial charge in [0, 0.05) is 18.3 Å². The van der Waals surface area contributed by atoms with E-state index in [4.69, 9.17) is 21.1 Å². The smallest absolute Gasteiger partial charge is 0.296 e. The zero-order valence-corrected chi connectivity index (χ0v) is 19.1. The molecule has 3 aromatic rings. The molecule has 0 radical (unpaired) electrons. The summed E-state index contributed by atoms with van der Waals surface area (Å²) in [5.41, 5.74) is 0.474. The zero-order valence-electron chi connectivity index (χ0n) is 18.4. The van der Waals surface area contributed by atoms with Gasteiger partial charge in [-0.3, -0.25) is 14.2 Å². The van der Waals surface area contributed by atoms with Crippen LogP contribution in [0.4, 0.5) is 0 Å². The second-order valence-corrected chi connectivity index (χ2v) is 8.41. The highest BCUT2D eigenvalue weighted by molar-refractivity contribution is 6.32. The highest BCUT2D eigenvalue weighted by atomic mass is 35.5. The molecule has 0 atom stereocenters. The van der Waals surface area contributed by atoms with Crippen LogP contribution in [-0.4, -0.2) is 39.3 Å². The minimum atomic E-state index is -0.868.